The molecule has 0 spiro atoms. The number of nitrogens with zero attached hydrogens (tertiary/aromatic N) is 3. The van der Waals surface area contributed by atoms with Crippen LogP contribution in [0.1, 0.15) is 5.56 Å². The first-order valence-electron chi connectivity index (χ1n) is 4.07. The molecule has 0 saturated carbocycles. The van der Waals surface area contributed by atoms with Gasteiger partial charge < -0.3 is 0 Å². The summed E-state index contributed by atoms with van der Waals surface area (Å²) in [4.78, 5) is 0. The van der Waals surface area contributed by atoms with E-state index in [1.807, 2.05) is 25.1 Å². The van der Waals surface area contributed by atoms with Gasteiger partial charge in [-0.2, -0.15) is 15.6 Å². The van der Waals surface area contributed by atoms with Crippen molar-refractivity contribution in [1.29, 1.82) is 10.5 Å². The molecule has 0 aliphatic heterocycles. The monoisotopic (exact) mass is 262 g/mol. The van der Waals surface area contributed by atoms with E-state index >= 15 is 0 Å². The summed E-state index contributed by atoms with van der Waals surface area (Å²) in [5.41, 5.74) is 4.23. The van der Waals surface area contributed by atoms with Gasteiger partial charge in [0.05, 0.1) is 5.69 Å². The van der Waals surface area contributed by atoms with Crippen LogP contribution in [0.5, 0.6) is 0 Å². The lowest BCUT2D eigenvalue weighted by Gasteiger charge is -2.03. The molecule has 74 valence electrons. The van der Waals surface area contributed by atoms with Gasteiger partial charge in [0, 0.05) is 4.47 Å². The molecule has 1 aromatic carbocycles. The van der Waals surface area contributed by atoms with Gasteiger partial charge in [0.2, 0.25) is 5.71 Å². The smallest absolute Gasteiger partial charge is 0.237 e. The maximum atomic E-state index is 8.47. The molecule has 5 heteroatoms. The van der Waals surface area contributed by atoms with E-state index in [4.69, 9.17) is 10.5 Å². The minimum absolute atomic E-state index is 0.205. The Balaban J connectivity index is 2.92. The molecule has 1 N–H and O–H groups in total. The van der Waals surface area contributed by atoms with Crippen molar-refractivity contribution in [1.82, 2.24) is 0 Å². The van der Waals surface area contributed by atoms with Crippen LogP contribution in [0.25, 0.3) is 0 Å². The van der Waals surface area contributed by atoms with E-state index in [-0.39, 0.29) is 5.71 Å². The van der Waals surface area contributed by atoms with E-state index in [2.05, 4.69) is 26.5 Å². The Hall–Kier alpha value is -1.85. The second kappa shape index (κ2) is 5.14. The number of nitrogens with one attached hydrogen (secondary N) is 1. The molecule has 15 heavy (non-hydrogen) atoms. The summed E-state index contributed by atoms with van der Waals surface area (Å²) in [6.07, 6.45) is 0. The number of nitriles is 2. The SMILES string of the molecule is Cc1ccc(Br)c(NN=C(C#N)C#N)c1. The van der Waals surface area contributed by atoms with Crippen molar-refractivity contribution in [3.8, 4) is 12.1 Å². The summed E-state index contributed by atoms with van der Waals surface area (Å²) in [5, 5.41) is 20.6. The number of aryl methyl sites for hydroxylation is 1. The van der Waals surface area contributed by atoms with Gasteiger partial charge in [-0.05, 0) is 40.5 Å². The first-order valence-corrected chi connectivity index (χ1v) is 4.86. The van der Waals surface area contributed by atoms with Gasteiger partial charge in [-0.3, -0.25) is 5.43 Å². The van der Waals surface area contributed by atoms with Gasteiger partial charge in [-0.1, -0.05) is 6.07 Å². The highest BCUT2D eigenvalue weighted by atomic mass is 79.9. The van der Waals surface area contributed by atoms with Crippen LogP contribution in [-0.4, -0.2) is 5.71 Å². The van der Waals surface area contributed by atoms with Crippen LogP contribution in [-0.2, 0) is 0 Å². The molecule has 0 aliphatic carbocycles. The summed E-state index contributed by atoms with van der Waals surface area (Å²) in [6.45, 7) is 1.94. The molecule has 4 nitrogen and oxygen atoms in total. The van der Waals surface area contributed by atoms with Crippen LogP contribution in [0.2, 0.25) is 0 Å². The zero-order valence-electron chi connectivity index (χ0n) is 7.95. The van der Waals surface area contributed by atoms with Crippen LogP contribution < -0.4 is 5.43 Å². The van der Waals surface area contributed by atoms with Crippen LogP contribution in [0.3, 0.4) is 0 Å². The Bertz CT molecular complexity index is 463. The van der Waals surface area contributed by atoms with Crippen molar-refractivity contribution >= 4 is 27.3 Å². The Morgan fingerprint density at radius 2 is 2.07 bits per heavy atom. The topological polar surface area (TPSA) is 72.0 Å². The first kappa shape index (κ1) is 11.2. The highest BCUT2D eigenvalue weighted by molar-refractivity contribution is 9.10. The normalized spacial score (nSPS) is 8.53. The van der Waals surface area contributed by atoms with E-state index < -0.39 is 0 Å². The average Bonchev–Trinajstić information content (AvgIpc) is 2.24. The third-order valence-corrected chi connectivity index (χ3v) is 2.31. The Morgan fingerprint density at radius 1 is 1.40 bits per heavy atom. The van der Waals surface area contributed by atoms with Crippen molar-refractivity contribution in [3.05, 3.63) is 28.2 Å². The third kappa shape index (κ3) is 3.08. The van der Waals surface area contributed by atoms with Crippen LogP contribution >= 0.6 is 15.9 Å². The van der Waals surface area contributed by atoms with E-state index in [1.165, 1.54) is 0 Å². The standard InChI is InChI=1S/C10H7BrN4/c1-7-2-3-9(11)10(4-7)15-14-8(5-12)6-13/h2-4,15H,1H3. The molecule has 0 fully saturated rings. The number of hydrogen-bond acceptors (Lipinski definition) is 4. The van der Waals surface area contributed by atoms with Gasteiger partial charge >= 0.3 is 0 Å². The number of hydrazone groups is 1. The highest BCUT2D eigenvalue weighted by Gasteiger charge is 1.99. The van der Waals surface area contributed by atoms with Gasteiger partial charge in [0.25, 0.3) is 0 Å². The number of hydrogen-bond donors (Lipinski definition) is 1. The molecule has 0 aromatic heterocycles. The minimum Gasteiger partial charge on any atom is -0.275 e. The van der Waals surface area contributed by atoms with Gasteiger partial charge in [0.15, 0.2) is 0 Å². The zero-order valence-corrected chi connectivity index (χ0v) is 9.54. The van der Waals surface area contributed by atoms with Crippen LogP contribution in [0, 0.1) is 29.6 Å². The fourth-order valence-electron chi connectivity index (χ4n) is 0.916. The van der Waals surface area contributed by atoms with Gasteiger partial charge in [-0.25, -0.2) is 0 Å². The maximum Gasteiger partial charge on any atom is 0.237 e. The molecule has 0 atom stereocenters. The Morgan fingerprint density at radius 3 is 2.67 bits per heavy atom. The molecule has 0 unspecified atom stereocenters. The molecular formula is C10H7BrN4. The average molecular weight is 263 g/mol. The van der Waals surface area contributed by atoms with Crippen molar-refractivity contribution in [2.45, 2.75) is 6.92 Å². The Labute approximate surface area is 96.0 Å². The molecule has 0 heterocycles. The van der Waals surface area contributed by atoms with E-state index in [9.17, 15) is 0 Å². The number of rotatable bonds is 2. The molecule has 1 rings (SSSR count). The molecule has 0 bridgehead atoms. The second-order valence-electron chi connectivity index (χ2n) is 2.78. The molecule has 0 radical (unpaired) electrons. The summed E-state index contributed by atoms with van der Waals surface area (Å²) in [6, 6.07) is 9.00. The Kier molecular flexibility index (Phi) is 3.84. The summed E-state index contributed by atoms with van der Waals surface area (Å²) in [5.74, 6) is 0. The molecule has 0 aliphatic rings. The van der Waals surface area contributed by atoms with Crippen LogP contribution in [0.4, 0.5) is 5.69 Å². The van der Waals surface area contributed by atoms with E-state index in [1.54, 1.807) is 12.1 Å². The predicted octanol–water partition coefficient (Wildman–Crippen LogP) is 2.57. The van der Waals surface area contributed by atoms with Crippen molar-refractivity contribution in [2.75, 3.05) is 5.43 Å². The van der Waals surface area contributed by atoms with Crippen molar-refractivity contribution in [3.63, 3.8) is 0 Å². The minimum atomic E-state index is -0.205. The van der Waals surface area contributed by atoms with E-state index in [0.29, 0.717) is 0 Å². The largest absolute Gasteiger partial charge is 0.275 e. The second-order valence-corrected chi connectivity index (χ2v) is 3.63. The molecule has 0 saturated heterocycles. The van der Waals surface area contributed by atoms with Crippen LogP contribution in [0.15, 0.2) is 27.8 Å². The fraction of sp³-hybridized carbons (Fsp3) is 0.100. The van der Waals surface area contributed by atoms with Crippen molar-refractivity contribution < 1.29 is 0 Å². The lowest BCUT2D eigenvalue weighted by atomic mass is 10.2. The predicted molar refractivity (Wildman–Crippen MR) is 61.2 cm³/mol. The zero-order chi connectivity index (χ0) is 11.3. The van der Waals surface area contributed by atoms with Crippen molar-refractivity contribution in [2.24, 2.45) is 5.10 Å². The number of halogens is 1. The molecular weight excluding hydrogens is 256 g/mol. The number of anilines is 1. The summed E-state index contributed by atoms with van der Waals surface area (Å²) in [7, 11) is 0. The summed E-state index contributed by atoms with van der Waals surface area (Å²) >= 11 is 3.33. The highest BCUT2D eigenvalue weighted by Crippen LogP contribution is 2.23. The number of benzene rings is 1. The first-order chi connectivity index (χ1) is 7.17. The molecule has 1 aromatic rings. The third-order valence-electron chi connectivity index (χ3n) is 1.62. The summed E-state index contributed by atoms with van der Waals surface area (Å²) < 4.78 is 0.826. The lowest BCUT2D eigenvalue weighted by molar-refractivity contribution is 1.31. The fourth-order valence-corrected chi connectivity index (χ4v) is 1.25. The lowest BCUT2D eigenvalue weighted by Crippen LogP contribution is -1.97. The molecule has 0 amide bonds. The maximum absolute atomic E-state index is 8.47. The van der Waals surface area contributed by atoms with Gasteiger partial charge in [-0.15, -0.1) is 0 Å². The van der Waals surface area contributed by atoms with Gasteiger partial charge in [0.1, 0.15) is 12.1 Å². The van der Waals surface area contributed by atoms with E-state index in [0.717, 1.165) is 15.7 Å². The quantitative estimate of drug-likeness (QED) is 0.658.